The lowest BCUT2D eigenvalue weighted by molar-refractivity contribution is 0.364. The second kappa shape index (κ2) is 6.79. The van der Waals surface area contributed by atoms with Crippen LogP contribution in [0.25, 0.3) is 22.4 Å². The fourth-order valence-corrected chi connectivity index (χ4v) is 2.48. The van der Waals surface area contributed by atoms with E-state index in [-0.39, 0.29) is 5.56 Å². The average Bonchev–Trinajstić information content (AvgIpc) is 2.61. The predicted octanol–water partition coefficient (Wildman–Crippen LogP) is 4.27. The smallest absolute Gasteiger partial charge is 0.249 e. The first kappa shape index (κ1) is 14.9. The Morgan fingerprint density at radius 3 is 2.17 bits per heavy atom. The number of rotatable bonds is 5. The van der Waals surface area contributed by atoms with E-state index < -0.39 is 0 Å². The highest BCUT2D eigenvalue weighted by Gasteiger charge is 2.15. The number of benzene rings is 2. The Labute approximate surface area is 134 Å². The van der Waals surface area contributed by atoms with Crippen LogP contribution in [0.1, 0.15) is 0 Å². The highest BCUT2D eigenvalue weighted by atomic mass is 16.5. The summed E-state index contributed by atoms with van der Waals surface area (Å²) in [6, 6.07) is 21.0. The number of aromatic amines is 1. The molecule has 114 valence electrons. The first-order chi connectivity index (χ1) is 11.3. The lowest BCUT2D eigenvalue weighted by Crippen LogP contribution is -2.10. The van der Waals surface area contributed by atoms with Gasteiger partial charge in [0.2, 0.25) is 5.56 Å². The Morgan fingerprint density at radius 2 is 1.57 bits per heavy atom. The van der Waals surface area contributed by atoms with Gasteiger partial charge >= 0.3 is 0 Å². The average molecular weight is 303 g/mol. The van der Waals surface area contributed by atoms with Gasteiger partial charge in [0.1, 0.15) is 6.61 Å². The molecular weight excluding hydrogens is 286 g/mol. The number of hydrogen-bond donors (Lipinski definition) is 1. The molecule has 0 fully saturated rings. The maximum absolute atomic E-state index is 12.2. The Kier molecular flexibility index (Phi) is 4.39. The molecule has 1 heterocycles. The molecule has 0 saturated carbocycles. The normalized spacial score (nSPS) is 10.3. The molecular formula is C20H17NO2. The van der Waals surface area contributed by atoms with E-state index in [1.807, 2.05) is 60.7 Å². The van der Waals surface area contributed by atoms with Gasteiger partial charge in [0.25, 0.3) is 0 Å². The first-order valence-electron chi connectivity index (χ1n) is 7.41. The number of nitrogens with one attached hydrogen (secondary N) is 1. The van der Waals surface area contributed by atoms with E-state index >= 15 is 0 Å². The maximum atomic E-state index is 12.2. The van der Waals surface area contributed by atoms with Crippen LogP contribution in [-0.2, 0) is 0 Å². The van der Waals surface area contributed by atoms with Crippen LogP contribution >= 0.6 is 0 Å². The topological polar surface area (TPSA) is 42.1 Å². The van der Waals surface area contributed by atoms with Crippen LogP contribution in [0.3, 0.4) is 0 Å². The zero-order valence-corrected chi connectivity index (χ0v) is 12.7. The second-order valence-electron chi connectivity index (χ2n) is 5.08. The molecule has 3 nitrogen and oxygen atoms in total. The van der Waals surface area contributed by atoms with Gasteiger partial charge in [-0.15, -0.1) is 0 Å². The van der Waals surface area contributed by atoms with Gasteiger partial charge in [-0.25, -0.2) is 0 Å². The summed E-state index contributed by atoms with van der Waals surface area (Å²) in [6.45, 7) is 4.07. The molecule has 0 radical (unpaired) electrons. The third-order valence-corrected chi connectivity index (χ3v) is 3.49. The monoisotopic (exact) mass is 303 g/mol. The summed E-state index contributed by atoms with van der Waals surface area (Å²) in [6.07, 6.45) is 1.69. The van der Waals surface area contributed by atoms with Crippen LogP contribution < -0.4 is 10.3 Å². The van der Waals surface area contributed by atoms with Crippen molar-refractivity contribution in [2.24, 2.45) is 0 Å². The van der Waals surface area contributed by atoms with Crippen molar-refractivity contribution >= 4 is 0 Å². The van der Waals surface area contributed by atoms with Crippen LogP contribution in [0.2, 0.25) is 0 Å². The highest BCUT2D eigenvalue weighted by molar-refractivity contribution is 5.79. The zero-order chi connectivity index (χ0) is 16.1. The molecule has 2 aromatic carbocycles. The minimum Gasteiger partial charge on any atom is -0.487 e. The zero-order valence-electron chi connectivity index (χ0n) is 12.7. The summed E-state index contributed by atoms with van der Waals surface area (Å²) in [7, 11) is 0. The van der Waals surface area contributed by atoms with E-state index in [1.54, 1.807) is 12.1 Å². The van der Waals surface area contributed by atoms with E-state index in [2.05, 4.69) is 11.6 Å². The van der Waals surface area contributed by atoms with Crippen LogP contribution in [-0.4, -0.2) is 11.6 Å². The van der Waals surface area contributed by atoms with Crippen molar-refractivity contribution in [3.8, 4) is 28.1 Å². The Hall–Kier alpha value is -3.07. The van der Waals surface area contributed by atoms with Crippen molar-refractivity contribution in [2.45, 2.75) is 0 Å². The number of H-pyrrole nitrogens is 1. The van der Waals surface area contributed by atoms with Crippen molar-refractivity contribution < 1.29 is 4.74 Å². The molecule has 1 N–H and O–H groups in total. The van der Waals surface area contributed by atoms with Gasteiger partial charge in [0, 0.05) is 17.2 Å². The number of pyridine rings is 1. The second-order valence-corrected chi connectivity index (χ2v) is 5.08. The van der Waals surface area contributed by atoms with Crippen molar-refractivity contribution in [1.82, 2.24) is 4.98 Å². The molecule has 3 heteroatoms. The van der Waals surface area contributed by atoms with Gasteiger partial charge < -0.3 is 9.72 Å². The largest absolute Gasteiger partial charge is 0.487 e. The van der Waals surface area contributed by atoms with Crippen molar-refractivity contribution in [3.63, 3.8) is 0 Å². The van der Waals surface area contributed by atoms with E-state index in [0.29, 0.717) is 18.1 Å². The molecule has 1 aromatic heterocycles. The number of hydrogen-bond acceptors (Lipinski definition) is 2. The SMILES string of the molecule is C=CCOc1c(-c2ccccc2)cc(=O)[nH]c1-c1ccccc1. The van der Waals surface area contributed by atoms with Crippen LogP contribution in [0, 0.1) is 0 Å². The standard InChI is InChI=1S/C20H17NO2/c1-2-13-23-20-17(15-9-5-3-6-10-15)14-18(22)21-19(20)16-11-7-4-8-12-16/h2-12,14H,1,13H2,(H,21,22). The summed E-state index contributed by atoms with van der Waals surface area (Å²) in [5, 5.41) is 0. The molecule has 0 aliphatic heterocycles. The van der Waals surface area contributed by atoms with Crippen molar-refractivity contribution in [2.75, 3.05) is 6.61 Å². The van der Waals surface area contributed by atoms with Crippen LogP contribution in [0.15, 0.2) is 84.2 Å². The summed E-state index contributed by atoms with van der Waals surface area (Å²) >= 11 is 0. The van der Waals surface area contributed by atoms with Gasteiger partial charge in [-0.2, -0.15) is 0 Å². The number of aromatic nitrogens is 1. The molecule has 0 aliphatic carbocycles. The first-order valence-corrected chi connectivity index (χ1v) is 7.41. The molecule has 0 amide bonds. The Balaban J connectivity index is 2.25. The van der Waals surface area contributed by atoms with Crippen LogP contribution in [0.5, 0.6) is 5.75 Å². The van der Waals surface area contributed by atoms with Gasteiger partial charge in [-0.3, -0.25) is 4.79 Å². The van der Waals surface area contributed by atoms with Crippen LogP contribution in [0.4, 0.5) is 0 Å². The van der Waals surface area contributed by atoms with Gasteiger partial charge in [0.15, 0.2) is 5.75 Å². The molecule has 23 heavy (non-hydrogen) atoms. The predicted molar refractivity (Wildman–Crippen MR) is 93.6 cm³/mol. The Bertz CT molecular complexity index is 788. The van der Waals surface area contributed by atoms with Gasteiger partial charge in [-0.05, 0) is 5.56 Å². The van der Waals surface area contributed by atoms with Gasteiger partial charge in [-0.1, -0.05) is 73.3 Å². The molecule has 0 atom stereocenters. The summed E-state index contributed by atoms with van der Waals surface area (Å²) in [5.74, 6) is 0.655. The Morgan fingerprint density at radius 1 is 0.957 bits per heavy atom. The third-order valence-electron chi connectivity index (χ3n) is 3.49. The quantitative estimate of drug-likeness (QED) is 0.715. The molecule has 0 saturated heterocycles. The van der Waals surface area contributed by atoms with Gasteiger partial charge in [0.05, 0.1) is 5.69 Å². The maximum Gasteiger partial charge on any atom is 0.249 e. The van der Waals surface area contributed by atoms with Crippen molar-refractivity contribution in [1.29, 1.82) is 0 Å². The minimum absolute atomic E-state index is 0.159. The molecule has 0 aliphatic rings. The fourth-order valence-electron chi connectivity index (χ4n) is 2.48. The lowest BCUT2D eigenvalue weighted by Gasteiger charge is -2.15. The third kappa shape index (κ3) is 3.24. The molecule has 0 unspecified atom stereocenters. The molecule has 0 spiro atoms. The van der Waals surface area contributed by atoms with E-state index in [1.165, 1.54) is 0 Å². The summed E-state index contributed by atoms with van der Waals surface area (Å²) < 4.78 is 5.89. The van der Waals surface area contributed by atoms with E-state index in [0.717, 1.165) is 16.7 Å². The minimum atomic E-state index is -0.159. The molecule has 0 bridgehead atoms. The summed E-state index contributed by atoms with van der Waals surface area (Å²) in [5.41, 5.74) is 3.14. The molecule has 3 aromatic rings. The lowest BCUT2D eigenvalue weighted by atomic mass is 10.0. The molecule has 3 rings (SSSR count). The highest BCUT2D eigenvalue weighted by Crippen LogP contribution is 2.36. The van der Waals surface area contributed by atoms with E-state index in [4.69, 9.17) is 4.74 Å². The summed E-state index contributed by atoms with van der Waals surface area (Å²) in [4.78, 5) is 15.0. The number of ether oxygens (including phenoxy) is 1. The fraction of sp³-hybridized carbons (Fsp3) is 0.0500. The van der Waals surface area contributed by atoms with E-state index in [9.17, 15) is 4.79 Å². The van der Waals surface area contributed by atoms with Crippen molar-refractivity contribution in [3.05, 3.63) is 89.7 Å².